The minimum Gasteiger partial charge on any atom is -0.267 e. The van der Waals surface area contributed by atoms with Crippen molar-refractivity contribution in [1.29, 1.82) is 0 Å². The Balaban J connectivity index is 1.64. The molecule has 1 amide bonds. The molecule has 1 aromatic heterocycles. The Morgan fingerprint density at radius 3 is 2.45 bits per heavy atom. The number of nitrogens with zero attached hydrogens (tertiary/aromatic N) is 3. The van der Waals surface area contributed by atoms with Crippen LogP contribution in [0.1, 0.15) is 35.9 Å². The molecule has 0 fully saturated rings. The maximum atomic E-state index is 12.7. The number of hydrogen-bond donors (Lipinski definition) is 1. The van der Waals surface area contributed by atoms with Gasteiger partial charge in [-0.15, -0.1) is 0 Å². The Bertz CT molecular complexity index is 1310. The first-order valence-electron chi connectivity index (χ1n) is 9.38. The second-order valence-corrected chi connectivity index (χ2v) is 7.04. The molecule has 0 bridgehead atoms. The Morgan fingerprint density at radius 1 is 1.00 bits per heavy atom. The summed E-state index contributed by atoms with van der Waals surface area (Å²) in [6.07, 6.45) is 1.59. The van der Waals surface area contributed by atoms with Gasteiger partial charge in [0.2, 0.25) is 0 Å². The fourth-order valence-corrected chi connectivity index (χ4v) is 3.23. The Hall–Kier alpha value is -3.80. The lowest BCUT2D eigenvalue weighted by atomic mass is 10.1. The summed E-state index contributed by atoms with van der Waals surface area (Å²) in [5.41, 5.74) is 3.35. The van der Waals surface area contributed by atoms with E-state index in [1.807, 2.05) is 56.3 Å². The average Bonchev–Trinajstić information content (AvgIpc) is 2.73. The molecular formula is C23H20N4O2. The van der Waals surface area contributed by atoms with Gasteiger partial charge in [-0.1, -0.05) is 54.6 Å². The van der Waals surface area contributed by atoms with Crippen LogP contribution in [0.15, 0.2) is 76.6 Å². The summed E-state index contributed by atoms with van der Waals surface area (Å²) in [5, 5.41) is 11.6. The highest BCUT2D eigenvalue weighted by molar-refractivity contribution is 6.05. The average molecular weight is 384 g/mol. The zero-order valence-corrected chi connectivity index (χ0v) is 16.2. The molecule has 1 N–H and O–H groups in total. The van der Waals surface area contributed by atoms with Gasteiger partial charge in [0.1, 0.15) is 0 Å². The van der Waals surface area contributed by atoms with Gasteiger partial charge in [-0.2, -0.15) is 10.2 Å². The summed E-state index contributed by atoms with van der Waals surface area (Å²) < 4.78 is 1.32. The number of carbonyl (C=O) groups excluding carboxylic acids is 1. The molecule has 0 spiro atoms. The van der Waals surface area contributed by atoms with Crippen LogP contribution in [0.5, 0.6) is 0 Å². The fraction of sp³-hybridized carbons (Fsp3) is 0.130. The monoisotopic (exact) mass is 384 g/mol. The van der Waals surface area contributed by atoms with Gasteiger partial charge in [0.05, 0.1) is 17.6 Å². The van der Waals surface area contributed by atoms with Crippen LogP contribution in [-0.4, -0.2) is 21.9 Å². The molecule has 0 aliphatic rings. The summed E-state index contributed by atoms with van der Waals surface area (Å²) in [7, 11) is 0. The molecule has 0 saturated heterocycles. The van der Waals surface area contributed by atoms with Crippen LogP contribution >= 0.6 is 0 Å². The molecule has 4 rings (SSSR count). The van der Waals surface area contributed by atoms with E-state index < -0.39 is 5.91 Å². The van der Waals surface area contributed by atoms with Crippen molar-refractivity contribution in [3.05, 3.63) is 88.3 Å². The van der Waals surface area contributed by atoms with Gasteiger partial charge in [0.15, 0.2) is 5.69 Å². The summed E-state index contributed by atoms with van der Waals surface area (Å²) >= 11 is 0. The molecular weight excluding hydrogens is 364 g/mol. The molecule has 6 heteroatoms. The minimum atomic E-state index is -0.465. The van der Waals surface area contributed by atoms with E-state index in [-0.39, 0.29) is 17.3 Å². The number of rotatable bonds is 4. The van der Waals surface area contributed by atoms with Crippen molar-refractivity contribution >= 4 is 33.7 Å². The number of hydrogen-bond acceptors (Lipinski definition) is 4. The van der Waals surface area contributed by atoms with Crippen molar-refractivity contribution in [3.8, 4) is 0 Å². The second-order valence-electron chi connectivity index (χ2n) is 7.04. The van der Waals surface area contributed by atoms with E-state index in [1.165, 1.54) is 4.68 Å². The van der Waals surface area contributed by atoms with E-state index in [2.05, 4.69) is 15.6 Å². The van der Waals surface area contributed by atoms with Gasteiger partial charge in [0.25, 0.3) is 11.5 Å². The third-order valence-electron chi connectivity index (χ3n) is 4.69. The first kappa shape index (κ1) is 18.6. The largest absolute Gasteiger partial charge is 0.292 e. The van der Waals surface area contributed by atoms with Crippen LogP contribution in [-0.2, 0) is 0 Å². The summed E-state index contributed by atoms with van der Waals surface area (Å²) in [6.45, 7) is 3.70. The maximum Gasteiger partial charge on any atom is 0.292 e. The van der Waals surface area contributed by atoms with Crippen molar-refractivity contribution in [2.45, 2.75) is 19.9 Å². The zero-order chi connectivity index (χ0) is 20.4. The molecule has 29 heavy (non-hydrogen) atoms. The smallest absolute Gasteiger partial charge is 0.267 e. The molecule has 0 unspecified atom stereocenters. The molecule has 1 heterocycles. The quantitative estimate of drug-likeness (QED) is 0.428. The molecule has 6 nitrogen and oxygen atoms in total. The number of amides is 1. The molecule has 0 saturated carbocycles. The van der Waals surface area contributed by atoms with Crippen molar-refractivity contribution in [1.82, 2.24) is 15.2 Å². The van der Waals surface area contributed by atoms with Crippen LogP contribution in [0.25, 0.3) is 21.5 Å². The molecule has 0 radical (unpaired) electrons. The van der Waals surface area contributed by atoms with E-state index in [9.17, 15) is 9.59 Å². The van der Waals surface area contributed by atoms with Crippen LogP contribution in [0, 0.1) is 0 Å². The summed E-state index contributed by atoms with van der Waals surface area (Å²) in [6, 6.07) is 20.8. The Morgan fingerprint density at radius 2 is 1.69 bits per heavy atom. The van der Waals surface area contributed by atoms with Gasteiger partial charge in [-0.3, -0.25) is 9.59 Å². The van der Waals surface area contributed by atoms with Gasteiger partial charge in [-0.05, 0) is 42.3 Å². The van der Waals surface area contributed by atoms with Gasteiger partial charge < -0.3 is 0 Å². The zero-order valence-electron chi connectivity index (χ0n) is 16.2. The topological polar surface area (TPSA) is 76.3 Å². The lowest BCUT2D eigenvalue weighted by Crippen LogP contribution is -2.30. The highest BCUT2D eigenvalue weighted by atomic mass is 16.2. The van der Waals surface area contributed by atoms with Crippen LogP contribution in [0.2, 0.25) is 0 Å². The summed E-state index contributed by atoms with van der Waals surface area (Å²) in [5.74, 6) is -0.465. The molecule has 0 atom stereocenters. The molecule has 4 aromatic rings. The lowest BCUT2D eigenvalue weighted by molar-refractivity contribution is 0.0949. The van der Waals surface area contributed by atoms with E-state index >= 15 is 0 Å². The fourth-order valence-electron chi connectivity index (χ4n) is 3.23. The predicted molar refractivity (Wildman–Crippen MR) is 115 cm³/mol. The van der Waals surface area contributed by atoms with Crippen molar-refractivity contribution in [2.24, 2.45) is 5.10 Å². The van der Waals surface area contributed by atoms with Crippen molar-refractivity contribution in [2.75, 3.05) is 0 Å². The lowest BCUT2D eigenvalue weighted by Gasteiger charge is -2.12. The predicted octanol–water partition coefficient (Wildman–Crippen LogP) is 3.89. The second kappa shape index (κ2) is 7.67. The normalized spacial score (nSPS) is 11.6. The molecule has 0 aliphatic carbocycles. The molecule has 0 aliphatic heterocycles. The first-order chi connectivity index (χ1) is 14.0. The van der Waals surface area contributed by atoms with Gasteiger partial charge >= 0.3 is 0 Å². The molecule has 144 valence electrons. The van der Waals surface area contributed by atoms with E-state index in [4.69, 9.17) is 0 Å². The third-order valence-corrected chi connectivity index (χ3v) is 4.69. The van der Waals surface area contributed by atoms with Crippen LogP contribution in [0.4, 0.5) is 0 Å². The highest BCUT2D eigenvalue weighted by Gasteiger charge is 2.17. The first-order valence-corrected chi connectivity index (χ1v) is 9.38. The van der Waals surface area contributed by atoms with E-state index in [1.54, 1.807) is 30.5 Å². The van der Waals surface area contributed by atoms with Crippen LogP contribution in [0.3, 0.4) is 0 Å². The number of benzene rings is 3. The number of nitrogens with one attached hydrogen (secondary N) is 1. The van der Waals surface area contributed by atoms with Crippen molar-refractivity contribution < 1.29 is 4.79 Å². The van der Waals surface area contributed by atoms with E-state index in [0.717, 1.165) is 16.3 Å². The van der Waals surface area contributed by atoms with Gasteiger partial charge in [-0.25, -0.2) is 10.1 Å². The van der Waals surface area contributed by atoms with E-state index in [0.29, 0.717) is 10.8 Å². The Labute approximate surface area is 167 Å². The number of carbonyl (C=O) groups is 1. The number of fused-ring (bicyclic) bond motifs is 2. The minimum absolute atomic E-state index is 0.167. The SMILES string of the molecule is CC(C)n1nc(C(=O)N/N=C\c2ccc3ccccc3c2)c2ccccc2c1=O. The standard InChI is InChI=1S/C23H20N4O2/c1-15(2)27-23(29)20-10-6-5-9-19(20)21(26-27)22(28)25-24-14-16-11-12-17-7-3-4-8-18(17)13-16/h3-15H,1-2H3,(H,25,28)/b24-14-. The van der Waals surface area contributed by atoms with Crippen molar-refractivity contribution in [3.63, 3.8) is 0 Å². The summed E-state index contributed by atoms with van der Waals surface area (Å²) in [4.78, 5) is 25.3. The highest BCUT2D eigenvalue weighted by Crippen LogP contribution is 2.16. The van der Waals surface area contributed by atoms with Crippen LogP contribution < -0.4 is 11.0 Å². The number of aromatic nitrogens is 2. The Kier molecular flexibility index (Phi) is 4.91. The third kappa shape index (κ3) is 3.65. The van der Waals surface area contributed by atoms with Gasteiger partial charge in [0, 0.05) is 5.39 Å². The number of hydrazone groups is 1. The maximum absolute atomic E-state index is 12.7. The molecule has 3 aromatic carbocycles.